The van der Waals surface area contributed by atoms with Crippen LogP contribution < -0.4 is 9.04 Å². The summed E-state index contributed by atoms with van der Waals surface area (Å²) in [7, 11) is -2.21. The number of hydrogen-bond acceptors (Lipinski definition) is 5. The zero-order valence-electron chi connectivity index (χ0n) is 15.8. The fraction of sp³-hybridized carbons (Fsp3) is 0.250. The second-order valence-corrected chi connectivity index (χ2v) is 8.19. The summed E-state index contributed by atoms with van der Waals surface area (Å²) in [6, 6.07) is 13.7. The van der Waals surface area contributed by atoms with E-state index in [9.17, 15) is 8.42 Å². The second kappa shape index (κ2) is 7.44. The van der Waals surface area contributed by atoms with Gasteiger partial charge in [-0.2, -0.15) is 0 Å². The van der Waals surface area contributed by atoms with Crippen LogP contribution in [0.2, 0.25) is 0 Å². The number of benzene rings is 2. The highest BCUT2D eigenvalue weighted by molar-refractivity contribution is 7.92. The normalized spacial score (nSPS) is 11.4. The van der Waals surface area contributed by atoms with Crippen LogP contribution in [0, 0.1) is 20.8 Å². The Kier molecular flexibility index (Phi) is 5.23. The van der Waals surface area contributed by atoms with Crippen molar-refractivity contribution in [3.8, 4) is 5.75 Å². The van der Waals surface area contributed by atoms with E-state index >= 15 is 0 Å². The van der Waals surface area contributed by atoms with Gasteiger partial charge in [-0.15, -0.1) is 0 Å². The molecule has 142 valence electrons. The van der Waals surface area contributed by atoms with Crippen molar-refractivity contribution in [2.75, 3.05) is 11.4 Å². The number of rotatable bonds is 6. The van der Waals surface area contributed by atoms with Gasteiger partial charge in [0.25, 0.3) is 10.0 Å². The Hall–Kier alpha value is -2.80. The molecular weight excluding hydrogens is 364 g/mol. The van der Waals surface area contributed by atoms with Crippen molar-refractivity contribution in [2.45, 2.75) is 32.2 Å². The number of methoxy groups -OCH3 is 1. The van der Waals surface area contributed by atoms with Crippen LogP contribution in [-0.4, -0.2) is 20.7 Å². The van der Waals surface area contributed by atoms with Crippen LogP contribution in [0.5, 0.6) is 5.75 Å². The quantitative estimate of drug-likeness (QED) is 0.640. The summed E-state index contributed by atoms with van der Waals surface area (Å²) >= 11 is 0. The van der Waals surface area contributed by atoms with Gasteiger partial charge in [-0.25, -0.2) is 8.42 Å². The molecule has 0 aliphatic rings. The van der Waals surface area contributed by atoms with E-state index in [1.807, 2.05) is 6.92 Å². The maximum absolute atomic E-state index is 13.4. The van der Waals surface area contributed by atoms with Gasteiger partial charge in [-0.1, -0.05) is 22.9 Å². The number of aryl methyl sites for hydroxylation is 3. The van der Waals surface area contributed by atoms with E-state index in [0.717, 1.165) is 11.1 Å². The monoisotopic (exact) mass is 386 g/mol. The summed E-state index contributed by atoms with van der Waals surface area (Å²) in [6.07, 6.45) is 0. The summed E-state index contributed by atoms with van der Waals surface area (Å²) in [6.45, 7) is 5.63. The van der Waals surface area contributed by atoms with Gasteiger partial charge in [0.2, 0.25) is 0 Å². The molecule has 0 atom stereocenters. The van der Waals surface area contributed by atoms with Crippen molar-refractivity contribution < 1.29 is 17.7 Å². The second-order valence-electron chi connectivity index (χ2n) is 6.33. The molecule has 2 aromatic carbocycles. The molecule has 0 aliphatic carbocycles. The van der Waals surface area contributed by atoms with Gasteiger partial charge >= 0.3 is 0 Å². The molecule has 1 aromatic heterocycles. The van der Waals surface area contributed by atoms with Gasteiger partial charge in [-0.05, 0) is 57.2 Å². The molecule has 3 aromatic rings. The predicted octanol–water partition coefficient (Wildman–Crippen LogP) is 4.00. The largest absolute Gasteiger partial charge is 0.497 e. The third kappa shape index (κ3) is 3.83. The van der Waals surface area contributed by atoms with E-state index in [1.165, 1.54) is 4.31 Å². The molecule has 1 heterocycles. The lowest BCUT2D eigenvalue weighted by molar-refractivity contribution is 0.392. The topological polar surface area (TPSA) is 72.6 Å². The average Bonchev–Trinajstić information content (AvgIpc) is 2.98. The summed E-state index contributed by atoms with van der Waals surface area (Å²) in [5, 5.41) is 3.94. The molecule has 0 spiro atoms. The molecule has 0 N–H and O–H groups in total. The maximum Gasteiger partial charge on any atom is 0.264 e. The summed E-state index contributed by atoms with van der Waals surface area (Å²) < 4.78 is 38.5. The highest BCUT2D eigenvalue weighted by Gasteiger charge is 2.27. The number of hydrogen-bond donors (Lipinski definition) is 0. The number of sulfonamides is 1. The van der Waals surface area contributed by atoms with E-state index in [-0.39, 0.29) is 11.4 Å². The van der Waals surface area contributed by atoms with E-state index in [1.54, 1.807) is 69.5 Å². The first kappa shape index (κ1) is 19.0. The summed E-state index contributed by atoms with van der Waals surface area (Å²) in [4.78, 5) is 0.232. The van der Waals surface area contributed by atoms with Crippen molar-refractivity contribution in [1.82, 2.24) is 5.16 Å². The van der Waals surface area contributed by atoms with Gasteiger partial charge in [0, 0.05) is 5.56 Å². The van der Waals surface area contributed by atoms with Crippen LogP contribution in [0.25, 0.3) is 0 Å². The standard InChI is InChI=1S/C20H22N2O4S/c1-14-5-11-19(12-6-14)27(23,24)22(13-20-15(2)21-26-16(20)3)17-7-9-18(25-4)10-8-17/h5-12H,13H2,1-4H3. The SMILES string of the molecule is COc1ccc(N(Cc2c(C)noc2C)S(=O)(=O)c2ccc(C)cc2)cc1. The zero-order valence-corrected chi connectivity index (χ0v) is 16.6. The minimum absolute atomic E-state index is 0.129. The maximum atomic E-state index is 13.4. The molecule has 0 radical (unpaired) electrons. The van der Waals surface area contributed by atoms with Crippen molar-refractivity contribution in [3.63, 3.8) is 0 Å². The predicted molar refractivity (Wildman–Crippen MR) is 104 cm³/mol. The summed E-state index contributed by atoms with van der Waals surface area (Å²) in [5.74, 6) is 1.26. The highest BCUT2D eigenvalue weighted by Crippen LogP contribution is 2.29. The molecule has 3 rings (SSSR count). The fourth-order valence-electron chi connectivity index (χ4n) is 2.77. The molecule has 6 nitrogen and oxygen atoms in total. The molecule has 0 amide bonds. The molecule has 27 heavy (non-hydrogen) atoms. The molecule has 0 bridgehead atoms. The Bertz CT molecular complexity index is 1000. The van der Waals surface area contributed by atoms with Crippen molar-refractivity contribution in [3.05, 3.63) is 71.1 Å². The molecule has 0 saturated carbocycles. The first-order valence-electron chi connectivity index (χ1n) is 8.48. The lowest BCUT2D eigenvalue weighted by Gasteiger charge is -2.25. The highest BCUT2D eigenvalue weighted by atomic mass is 32.2. The molecular formula is C20H22N2O4S. The van der Waals surface area contributed by atoms with Crippen molar-refractivity contribution in [1.29, 1.82) is 0 Å². The Balaban J connectivity index is 2.09. The van der Waals surface area contributed by atoms with Crippen LogP contribution in [0.15, 0.2) is 57.9 Å². The first-order chi connectivity index (χ1) is 12.8. The number of ether oxygens (including phenoxy) is 1. The molecule has 7 heteroatoms. The third-order valence-corrected chi connectivity index (χ3v) is 6.24. The Morgan fingerprint density at radius 2 is 1.63 bits per heavy atom. The van der Waals surface area contributed by atoms with Crippen molar-refractivity contribution >= 4 is 15.7 Å². The minimum Gasteiger partial charge on any atom is -0.497 e. The van der Waals surface area contributed by atoms with Gasteiger partial charge in [-0.3, -0.25) is 4.31 Å². The minimum atomic E-state index is -3.78. The average molecular weight is 386 g/mol. The Labute approximate surface area is 159 Å². The Morgan fingerprint density at radius 1 is 1.00 bits per heavy atom. The lowest BCUT2D eigenvalue weighted by Crippen LogP contribution is -2.31. The van der Waals surface area contributed by atoms with Gasteiger partial charge in [0.15, 0.2) is 0 Å². The van der Waals surface area contributed by atoms with Crippen LogP contribution in [0.1, 0.15) is 22.6 Å². The van der Waals surface area contributed by atoms with Crippen molar-refractivity contribution in [2.24, 2.45) is 0 Å². The number of anilines is 1. The van der Waals surface area contributed by atoms with Gasteiger partial charge in [0.05, 0.1) is 29.9 Å². The number of nitrogens with zero attached hydrogens (tertiary/aromatic N) is 2. The zero-order chi connectivity index (χ0) is 19.6. The van der Waals surface area contributed by atoms with Crippen LogP contribution in [0.4, 0.5) is 5.69 Å². The first-order valence-corrected chi connectivity index (χ1v) is 9.92. The van der Waals surface area contributed by atoms with E-state index < -0.39 is 10.0 Å². The van der Waals surface area contributed by atoms with Crippen LogP contribution in [0.3, 0.4) is 0 Å². The van der Waals surface area contributed by atoms with E-state index in [4.69, 9.17) is 9.26 Å². The lowest BCUT2D eigenvalue weighted by atomic mass is 10.2. The van der Waals surface area contributed by atoms with Gasteiger partial charge in [0.1, 0.15) is 11.5 Å². The summed E-state index contributed by atoms with van der Waals surface area (Å²) in [5.41, 5.74) is 2.96. The third-order valence-electron chi connectivity index (χ3n) is 4.45. The van der Waals surface area contributed by atoms with E-state index in [2.05, 4.69) is 5.16 Å². The fourth-order valence-corrected chi connectivity index (χ4v) is 4.21. The molecule has 0 aliphatic heterocycles. The van der Waals surface area contributed by atoms with Gasteiger partial charge < -0.3 is 9.26 Å². The molecule has 0 fully saturated rings. The van der Waals surface area contributed by atoms with Crippen LogP contribution >= 0.6 is 0 Å². The Morgan fingerprint density at radius 3 is 2.15 bits per heavy atom. The number of aromatic nitrogens is 1. The van der Waals surface area contributed by atoms with Crippen LogP contribution in [-0.2, 0) is 16.6 Å². The smallest absolute Gasteiger partial charge is 0.264 e. The molecule has 0 unspecified atom stereocenters. The van der Waals surface area contributed by atoms with E-state index in [0.29, 0.717) is 22.9 Å². The molecule has 0 saturated heterocycles.